The minimum absolute atomic E-state index is 0.347. The van der Waals surface area contributed by atoms with Crippen molar-refractivity contribution in [2.75, 3.05) is 6.54 Å². The second-order valence-electron chi connectivity index (χ2n) is 1.95. The van der Waals surface area contributed by atoms with Crippen molar-refractivity contribution in [3.63, 3.8) is 0 Å². The lowest BCUT2D eigenvalue weighted by Gasteiger charge is -2.00. The van der Waals surface area contributed by atoms with Gasteiger partial charge in [0.25, 0.3) is 5.91 Å². The van der Waals surface area contributed by atoms with Crippen LogP contribution in [0, 0.1) is 0 Å². The average Bonchev–Trinajstić information content (AvgIpc) is 1.88. The summed E-state index contributed by atoms with van der Waals surface area (Å²) in [5.74, 6) is -1.17. The third-order valence-electron chi connectivity index (χ3n) is 1.03. The molecule has 0 aromatic heterocycles. The van der Waals surface area contributed by atoms with Crippen molar-refractivity contribution in [3.8, 4) is 0 Å². The van der Waals surface area contributed by atoms with Gasteiger partial charge in [-0.15, -0.1) is 0 Å². The van der Waals surface area contributed by atoms with E-state index in [-0.39, 0.29) is 0 Å². The van der Waals surface area contributed by atoms with Crippen molar-refractivity contribution >= 4 is 5.91 Å². The lowest BCUT2D eigenvalue weighted by Crippen LogP contribution is -2.30. The highest BCUT2D eigenvalue weighted by atomic mass is 19.3. The number of hydrogen-bond donors (Lipinski definition) is 1. The molecule has 10 heavy (non-hydrogen) atoms. The molecule has 0 atom stereocenters. The normalized spacial score (nSPS) is 10.0. The predicted octanol–water partition coefficient (Wildman–Crippen LogP) is 1.17. The van der Waals surface area contributed by atoms with Gasteiger partial charge in [-0.1, -0.05) is 13.3 Å². The zero-order valence-electron chi connectivity index (χ0n) is 5.86. The molecule has 0 saturated heterocycles. The summed E-state index contributed by atoms with van der Waals surface area (Å²) in [4.78, 5) is 10.2. The van der Waals surface area contributed by atoms with Crippen LogP contribution in [-0.4, -0.2) is 18.9 Å². The molecule has 1 amide bonds. The zero-order chi connectivity index (χ0) is 7.98. The van der Waals surface area contributed by atoms with Crippen molar-refractivity contribution in [3.05, 3.63) is 0 Å². The zero-order valence-corrected chi connectivity index (χ0v) is 5.86. The Morgan fingerprint density at radius 3 is 2.60 bits per heavy atom. The first-order valence-electron chi connectivity index (χ1n) is 3.24. The van der Waals surface area contributed by atoms with E-state index in [1.165, 1.54) is 0 Å². The number of amides is 1. The Kier molecular flexibility index (Phi) is 4.80. The summed E-state index contributed by atoms with van der Waals surface area (Å²) in [5.41, 5.74) is 0. The van der Waals surface area contributed by atoms with Gasteiger partial charge in [-0.25, -0.2) is 0 Å². The van der Waals surface area contributed by atoms with E-state index in [9.17, 15) is 13.6 Å². The first kappa shape index (κ1) is 9.33. The molecule has 4 heteroatoms. The van der Waals surface area contributed by atoms with Gasteiger partial charge >= 0.3 is 6.43 Å². The predicted molar refractivity (Wildman–Crippen MR) is 33.9 cm³/mol. The largest absolute Gasteiger partial charge is 0.351 e. The molecule has 0 unspecified atom stereocenters. The van der Waals surface area contributed by atoms with Crippen LogP contribution in [0.4, 0.5) is 8.78 Å². The Morgan fingerprint density at radius 2 is 2.20 bits per heavy atom. The van der Waals surface area contributed by atoms with Gasteiger partial charge in [0.2, 0.25) is 0 Å². The molecule has 0 fully saturated rings. The summed E-state index contributed by atoms with van der Waals surface area (Å²) in [6.07, 6.45) is -1.24. The number of hydrogen-bond acceptors (Lipinski definition) is 1. The van der Waals surface area contributed by atoms with E-state index in [1.807, 2.05) is 6.92 Å². The molecule has 0 aromatic rings. The highest BCUT2D eigenvalue weighted by molar-refractivity contribution is 5.78. The number of carbonyl (C=O) groups is 1. The van der Waals surface area contributed by atoms with Crippen LogP contribution in [0.3, 0.4) is 0 Å². The summed E-state index contributed by atoms with van der Waals surface area (Å²) in [7, 11) is 0. The fraction of sp³-hybridized carbons (Fsp3) is 0.833. The fourth-order valence-electron chi connectivity index (χ4n) is 0.466. The van der Waals surface area contributed by atoms with E-state index >= 15 is 0 Å². The molecule has 0 spiro atoms. The minimum Gasteiger partial charge on any atom is -0.351 e. The molecule has 1 N–H and O–H groups in total. The van der Waals surface area contributed by atoms with E-state index < -0.39 is 12.3 Å². The van der Waals surface area contributed by atoms with Crippen molar-refractivity contribution in [2.45, 2.75) is 26.2 Å². The number of carbonyl (C=O) groups excluding carboxylic acids is 1. The molecular weight excluding hydrogens is 140 g/mol. The Bertz CT molecular complexity index is 106. The summed E-state index contributed by atoms with van der Waals surface area (Å²) in [6, 6.07) is 0. The second kappa shape index (κ2) is 5.14. The number of unbranched alkanes of at least 4 members (excludes halogenated alkanes) is 1. The SMILES string of the molecule is CCCCNC(=O)C(F)F. The second-order valence-corrected chi connectivity index (χ2v) is 1.95. The Balaban J connectivity index is 3.22. The van der Waals surface area contributed by atoms with E-state index in [1.54, 1.807) is 0 Å². The van der Waals surface area contributed by atoms with Gasteiger partial charge in [0, 0.05) is 6.54 Å². The van der Waals surface area contributed by atoms with Crippen LogP contribution in [0.15, 0.2) is 0 Å². The molecule has 60 valence electrons. The maximum Gasteiger partial charge on any atom is 0.315 e. The van der Waals surface area contributed by atoms with Gasteiger partial charge in [0.15, 0.2) is 0 Å². The fourth-order valence-corrected chi connectivity index (χ4v) is 0.466. The van der Waals surface area contributed by atoms with Crippen molar-refractivity contribution in [1.82, 2.24) is 5.32 Å². The Morgan fingerprint density at radius 1 is 1.60 bits per heavy atom. The molecule has 2 nitrogen and oxygen atoms in total. The number of halogens is 2. The molecule has 0 aliphatic rings. The summed E-state index contributed by atoms with van der Waals surface area (Å²) in [6.45, 7) is 2.27. The summed E-state index contributed by atoms with van der Waals surface area (Å²) >= 11 is 0. The average molecular weight is 151 g/mol. The molecule has 0 saturated carbocycles. The number of nitrogens with one attached hydrogen (secondary N) is 1. The van der Waals surface area contributed by atoms with Crippen LogP contribution in [0.1, 0.15) is 19.8 Å². The van der Waals surface area contributed by atoms with Crippen molar-refractivity contribution < 1.29 is 13.6 Å². The van der Waals surface area contributed by atoms with Crippen LogP contribution in [0.25, 0.3) is 0 Å². The molecule has 0 aliphatic heterocycles. The van der Waals surface area contributed by atoms with Gasteiger partial charge in [0.05, 0.1) is 0 Å². The summed E-state index contributed by atoms with van der Waals surface area (Å²) < 4.78 is 22.9. The molecule has 0 aromatic carbocycles. The molecule has 0 heterocycles. The van der Waals surface area contributed by atoms with Gasteiger partial charge < -0.3 is 5.32 Å². The van der Waals surface area contributed by atoms with E-state index in [0.29, 0.717) is 6.54 Å². The van der Waals surface area contributed by atoms with Gasteiger partial charge in [-0.2, -0.15) is 8.78 Å². The smallest absolute Gasteiger partial charge is 0.315 e. The monoisotopic (exact) mass is 151 g/mol. The minimum atomic E-state index is -2.88. The molecule has 0 radical (unpaired) electrons. The first-order valence-corrected chi connectivity index (χ1v) is 3.24. The third-order valence-corrected chi connectivity index (χ3v) is 1.03. The Labute approximate surface area is 58.6 Å². The Hall–Kier alpha value is -0.670. The van der Waals surface area contributed by atoms with Gasteiger partial charge in [-0.05, 0) is 6.42 Å². The van der Waals surface area contributed by atoms with Crippen LogP contribution >= 0.6 is 0 Å². The first-order chi connectivity index (χ1) is 4.68. The van der Waals surface area contributed by atoms with Gasteiger partial charge in [0.1, 0.15) is 0 Å². The quantitative estimate of drug-likeness (QED) is 0.600. The lowest BCUT2D eigenvalue weighted by atomic mass is 10.3. The highest BCUT2D eigenvalue weighted by Crippen LogP contribution is 1.91. The van der Waals surface area contributed by atoms with E-state index in [4.69, 9.17) is 0 Å². The van der Waals surface area contributed by atoms with Crippen LogP contribution in [0.5, 0.6) is 0 Å². The topological polar surface area (TPSA) is 29.1 Å². The highest BCUT2D eigenvalue weighted by Gasteiger charge is 2.12. The van der Waals surface area contributed by atoms with E-state index in [0.717, 1.165) is 12.8 Å². The standard InChI is InChI=1S/C6H11F2NO/c1-2-3-4-9-6(10)5(7)8/h5H,2-4H2,1H3,(H,9,10). The number of alkyl halides is 2. The maximum absolute atomic E-state index is 11.4. The lowest BCUT2D eigenvalue weighted by molar-refractivity contribution is -0.131. The summed E-state index contributed by atoms with van der Waals surface area (Å²) in [5, 5.41) is 2.09. The number of rotatable bonds is 4. The molecule has 0 aliphatic carbocycles. The third kappa shape index (κ3) is 4.23. The molecule has 0 rings (SSSR count). The van der Waals surface area contributed by atoms with E-state index in [2.05, 4.69) is 5.32 Å². The van der Waals surface area contributed by atoms with Crippen molar-refractivity contribution in [1.29, 1.82) is 0 Å². The molecular formula is C6H11F2NO. The maximum atomic E-state index is 11.4. The molecule has 0 bridgehead atoms. The van der Waals surface area contributed by atoms with Crippen LogP contribution in [0.2, 0.25) is 0 Å². The van der Waals surface area contributed by atoms with Gasteiger partial charge in [-0.3, -0.25) is 4.79 Å². The van der Waals surface area contributed by atoms with Crippen molar-refractivity contribution in [2.24, 2.45) is 0 Å². The van der Waals surface area contributed by atoms with Crippen LogP contribution in [-0.2, 0) is 4.79 Å². The van der Waals surface area contributed by atoms with Crippen LogP contribution < -0.4 is 5.32 Å².